The minimum absolute atomic E-state index is 0.0667. The summed E-state index contributed by atoms with van der Waals surface area (Å²) in [5.74, 6) is 1.97. The number of fused-ring (bicyclic) bond motifs is 1. The van der Waals surface area contributed by atoms with Crippen LogP contribution in [0.3, 0.4) is 0 Å². The summed E-state index contributed by atoms with van der Waals surface area (Å²) >= 11 is 0. The number of benzene rings is 1. The number of hydrogen-bond acceptors (Lipinski definition) is 5. The standard InChI is InChI=1S/C20H21N3O3/c1-14-16(21-20(26-14)19-9-5-12-25-19)13-22-10-6-11-23(15(2)24)18-8-4-3-7-17(18)22/h3-5,7-9,12H,6,10-11,13H2,1-2H3. The number of rotatable bonds is 3. The molecule has 0 bridgehead atoms. The van der Waals surface area contributed by atoms with Gasteiger partial charge in [-0.1, -0.05) is 12.1 Å². The zero-order valence-electron chi connectivity index (χ0n) is 14.9. The van der Waals surface area contributed by atoms with Crippen LogP contribution in [0, 0.1) is 6.92 Å². The van der Waals surface area contributed by atoms with Gasteiger partial charge in [-0.25, -0.2) is 4.98 Å². The number of hydrogen-bond donors (Lipinski definition) is 0. The topological polar surface area (TPSA) is 62.7 Å². The van der Waals surface area contributed by atoms with E-state index in [9.17, 15) is 4.79 Å². The first-order valence-corrected chi connectivity index (χ1v) is 8.76. The second-order valence-corrected chi connectivity index (χ2v) is 6.43. The third-order valence-electron chi connectivity index (χ3n) is 4.67. The van der Waals surface area contributed by atoms with E-state index in [0.29, 0.717) is 18.2 Å². The summed E-state index contributed by atoms with van der Waals surface area (Å²) in [6.45, 7) is 5.73. The lowest BCUT2D eigenvalue weighted by molar-refractivity contribution is -0.116. The van der Waals surface area contributed by atoms with Gasteiger partial charge < -0.3 is 18.6 Å². The first kappa shape index (κ1) is 16.4. The van der Waals surface area contributed by atoms with Crippen LogP contribution in [0.5, 0.6) is 0 Å². The average molecular weight is 351 g/mol. The van der Waals surface area contributed by atoms with Crippen LogP contribution in [0.1, 0.15) is 24.8 Å². The SMILES string of the molecule is CC(=O)N1CCCN(Cc2nc(-c3ccco3)oc2C)c2ccccc21. The minimum atomic E-state index is 0.0667. The van der Waals surface area contributed by atoms with Gasteiger partial charge in [-0.3, -0.25) is 4.79 Å². The Kier molecular flexibility index (Phi) is 4.24. The van der Waals surface area contributed by atoms with Gasteiger partial charge in [0.1, 0.15) is 11.5 Å². The molecule has 0 atom stereocenters. The molecule has 1 aromatic carbocycles. The highest BCUT2D eigenvalue weighted by atomic mass is 16.4. The van der Waals surface area contributed by atoms with Gasteiger partial charge in [-0.15, -0.1) is 0 Å². The Morgan fingerprint density at radius 3 is 2.69 bits per heavy atom. The lowest BCUT2D eigenvalue weighted by Crippen LogP contribution is -2.28. The zero-order chi connectivity index (χ0) is 18.1. The van der Waals surface area contributed by atoms with Crippen LogP contribution in [0.15, 0.2) is 51.5 Å². The van der Waals surface area contributed by atoms with Crippen molar-refractivity contribution in [1.82, 2.24) is 4.98 Å². The Bertz CT molecular complexity index is 914. The number of carbonyl (C=O) groups is 1. The number of nitrogens with zero attached hydrogens (tertiary/aromatic N) is 3. The number of oxazole rings is 1. The van der Waals surface area contributed by atoms with Crippen molar-refractivity contribution in [1.29, 1.82) is 0 Å². The molecule has 0 radical (unpaired) electrons. The largest absolute Gasteiger partial charge is 0.459 e. The van der Waals surface area contributed by atoms with Crippen molar-refractivity contribution in [3.63, 3.8) is 0 Å². The Morgan fingerprint density at radius 2 is 1.96 bits per heavy atom. The molecule has 4 rings (SSSR count). The molecular formula is C20H21N3O3. The molecule has 0 N–H and O–H groups in total. The van der Waals surface area contributed by atoms with Gasteiger partial charge in [0.25, 0.3) is 5.89 Å². The van der Waals surface area contributed by atoms with Crippen molar-refractivity contribution in [2.45, 2.75) is 26.8 Å². The fourth-order valence-corrected chi connectivity index (χ4v) is 3.37. The van der Waals surface area contributed by atoms with E-state index in [2.05, 4.69) is 16.0 Å². The predicted octanol–water partition coefficient (Wildman–Crippen LogP) is 4.01. The van der Waals surface area contributed by atoms with Gasteiger partial charge in [-0.05, 0) is 37.6 Å². The number of carbonyl (C=O) groups excluding carboxylic acids is 1. The van der Waals surface area contributed by atoms with Crippen LogP contribution in [0.25, 0.3) is 11.7 Å². The summed E-state index contributed by atoms with van der Waals surface area (Å²) < 4.78 is 11.2. The number of para-hydroxylation sites is 2. The molecule has 1 aliphatic heterocycles. The summed E-state index contributed by atoms with van der Waals surface area (Å²) in [6, 6.07) is 11.7. The molecule has 1 amide bonds. The summed E-state index contributed by atoms with van der Waals surface area (Å²) in [5, 5.41) is 0. The Hall–Kier alpha value is -3.02. The van der Waals surface area contributed by atoms with Crippen molar-refractivity contribution in [3.05, 3.63) is 54.1 Å². The predicted molar refractivity (Wildman–Crippen MR) is 99.1 cm³/mol. The van der Waals surface area contributed by atoms with Crippen LogP contribution in [-0.4, -0.2) is 24.0 Å². The van der Waals surface area contributed by atoms with E-state index in [1.165, 1.54) is 0 Å². The number of furan rings is 1. The summed E-state index contributed by atoms with van der Waals surface area (Å²) in [6.07, 6.45) is 2.51. The number of aryl methyl sites for hydroxylation is 1. The van der Waals surface area contributed by atoms with E-state index in [-0.39, 0.29) is 5.91 Å². The molecular weight excluding hydrogens is 330 g/mol. The lowest BCUT2D eigenvalue weighted by Gasteiger charge is -2.25. The molecule has 3 aromatic rings. The van der Waals surface area contributed by atoms with Crippen LogP contribution in [0.4, 0.5) is 11.4 Å². The smallest absolute Gasteiger partial charge is 0.263 e. The van der Waals surface area contributed by atoms with E-state index in [4.69, 9.17) is 8.83 Å². The maximum Gasteiger partial charge on any atom is 0.263 e. The second kappa shape index (κ2) is 6.71. The molecule has 0 aliphatic carbocycles. The van der Waals surface area contributed by atoms with E-state index in [1.807, 2.05) is 42.2 Å². The van der Waals surface area contributed by atoms with Gasteiger partial charge in [0, 0.05) is 20.0 Å². The fraction of sp³-hybridized carbons (Fsp3) is 0.300. The minimum Gasteiger partial charge on any atom is -0.459 e. The molecule has 6 heteroatoms. The molecule has 0 saturated heterocycles. The molecule has 0 unspecified atom stereocenters. The van der Waals surface area contributed by atoms with Crippen molar-refractivity contribution >= 4 is 17.3 Å². The van der Waals surface area contributed by atoms with Crippen molar-refractivity contribution in [2.75, 3.05) is 22.9 Å². The highest BCUT2D eigenvalue weighted by molar-refractivity contribution is 5.95. The van der Waals surface area contributed by atoms with Gasteiger partial charge in [0.05, 0.1) is 24.2 Å². The van der Waals surface area contributed by atoms with Gasteiger partial charge in [0.2, 0.25) is 5.91 Å². The highest BCUT2D eigenvalue weighted by Gasteiger charge is 2.24. The van der Waals surface area contributed by atoms with E-state index < -0.39 is 0 Å². The molecule has 3 heterocycles. The fourth-order valence-electron chi connectivity index (χ4n) is 3.37. The normalized spacial score (nSPS) is 14.2. The molecule has 0 spiro atoms. The molecule has 134 valence electrons. The third-order valence-corrected chi connectivity index (χ3v) is 4.67. The Balaban J connectivity index is 1.66. The van der Waals surface area contributed by atoms with E-state index in [0.717, 1.165) is 42.3 Å². The van der Waals surface area contributed by atoms with Gasteiger partial charge >= 0.3 is 0 Å². The maximum atomic E-state index is 12.0. The second-order valence-electron chi connectivity index (χ2n) is 6.43. The molecule has 6 nitrogen and oxygen atoms in total. The third kappa shape index (κ3) is 2.98. The van der Waals surface area contributed by atoms with E-state index in [1.54, 1.807) is 13.2 Å². The Labute approximate surface area is 152 Å². The highest BCUT2D eigenvalue weighted by Crippen LogP contribution is 2.34. The molecule has 26 heavy (non-hydrogen) atoms. The van der Waals surface area contributed by atoms with Crippen LogP contribution in [-0.2, 0) is 11.3 Å². The average Bonchev–Trinajstić information content (AvgIpc) is 3.23. The van der Waals surface area contributed by atoms with E-state index >= 15 is 0 Å². The van der Waals surface area contributed by atoms with Gasteiger partial charge in [0.15, 0.2) is 5.76 Å². The first-order valence-electron chi connectivity index (χ1n) is 8.76. The first-order chi connectivity index (χ1) is 12.6. The summed E-state index contributed by atoms with van der Waals surface area (Å²) in [5.41, 5.74) is 2.87. The Morgan fingerprint density at radius 1 is 1.15 bits per heavy atom. The summed E-state index contributed by atoms with van der Waals surface area (Å²) in [4.78, 5) is 20.8. The maximum absolute atomic E-state index is 12.0. The van der Waals surface area contributed by atoms with Crippen molar-refractivity contribution in [2.24, 2.45) is 0 Å². The quantitative estimate of drug-likeness (QED) is 0.713. The molecule has 0 fully saturated rings. The van der Waals surface area contributed by atoms with Crippen molar-refractivity contribution in [3.8, 4) is 11.7 Å². The summed E-state index contributed by atoms with van der Waals surface area (Å²) in [7, 11) is 0. The molecule has 1 aliphatic rings. The molecule has 2 aromatic heterocycles. The van der Waals surface area contributed by atoms with Crippen molar-refractivity contribution < 1.29 is 13.6 Å². The number of amides is 1. The van der Waals surface area contributed by atoms with Crippen LogP contribution in [0.2, 0.25) is 0 Å². The van der Waals surface area contributed by atoms with Crippen LogP contribution < -0.4 is 9.80 Å². The monoisotopic (exact) mass is 351 g/mol. The zero-order valence-corrected chi connectivity index (χ0v) is 14.9. The lowest BCUT2D eigenvalue weighted by atomic mass is 10.2. The van der Waals surface area contributed by atoms with Gasteiger partial charge in [-0.2, -0.15) is 0 Å². The number of anilines is 2. The molecule has 0 saturated carbocycles. The number of aromatic nitrogens is 1. The van der Waals surface area contributed by atoms with Crippen LogP contribution >= 0.6 is 0 Å².